The molecule has 0 saturated heterocycles. The van der Waals surface area contributed by atoms with Crippen LogP contribution < -0.4 is 0 Å². The second-order valence-electron chi connectivity index (χ2n) is 4.31. The number of hydrogen-bond donors (Lipinski definition) is 1. The third-order valence-corrected chi connectivity index (χ3v) is 2.86. The molecule has 0 amide bonds. The van der Waals surface area contributed by atoms with Crippen molar-refractivity contribution >= 4 is 12.0 Å². The van der Waals surface area contributed by atoms with Crippen molar-refractivity contribution in [3.05, 3.63) is 53.9 Å². The third-order valence-electron chi connectivity index (χ3n) is 2.86. The number of nitrogens with zero attached hydrogens (tertiary/aromatic N) is 2. The van der Waals surface area contributed by atoms with Crippen LogP contribution in [0.15, 0.2) is 36.7 Å². The first-order chi connectivity index (χ1) is 9.63. The summed E-state index contributed by atoms with van der Waals surface area (Å²) >= 11 is 0. The number of carboxylic acid groups (broad SMARTS) is 1. The Morgan fingerprint density at radius 2 is 2.30 bits per heavy atom. The van der Waals surface area contributed by atoms with E-state index in [0.29, 0.717) is 11.3 Å². The van der Waals surface area contributed by atoms with E-state index in [1.807, 2.05) is 6.92 Å². The molecule has 0 spiro atoms. The van der Waals surface area contributed by atoms with E-state index in [0.717, 1.165) is 24.7 Å². The zero-order valence-corrected chi connectivity index (χ0v) is 11.1. The van der Waals surface area contributed by atoms with Crippen LogP contribution in [-0.2, 0) is 11.2 Å². The highest BCUT2D eigenvalue weighted by atomic mass is 19.1. The van der Waals surface area contributed by atoms with Crippen LogP contribution in [0.5, 0.6) is 0 Å². The predicted octanol–water partition coefficient (Wildman–Crippen LogP) is 3.06. The fraction of sp³-hybridized carbons (Fsp3) is 0.200. The first-order valence-corrected chi connectivity index (χ1v) is 6.35. The normalized spacial score (nSPS) is 11.1. The molecule has 2 rings (SSSR count). The summed E-state index contributed by atoms with van der Waals surface area (Å²) in [5, 5.41) is 8.70. The zero-order chi connectivity index (χ0) is 14.5. The lowest BCUT2D eigenvalue weighted by molar-refractivity contribution is -0.131. The number of hydrogen-bond acceptors (Lipinski definition) is 2. The van der Waals surface area contributed by atoms with Gasteiger partial charge >= 0.3 is 5.97 Å². The molecule has 20 heavy (non-hydrogen) atoms. The third kappa shape index (κ3) is 2.93. The minimum Gasteiger partial charge on any atom is -0.478 e. The maximum Gasteiger partial charge on any atom is 0.328 e. The van der Waals surface area contributed by atoms with Crippen LogP contribution in [0.2, 0.25) is 0 Å². The van der Waals surface area contributed by atoms with E-state index in [9.17, 15) is 9.18 Å². The van der Waals surface area contributed by atoms with Gasteiger partial charge in [-0.3, -0.25) is 0 Å². The number of aliphatic carboxylic acids is 1. The molecule has 0 atom stereocenters. The van der Waals surface area contributed by atoms with Crippen LogP contribution in [0.1, 0.15) is 24.7 Å². The summed E-state index contributed by atoms with van der Waals surface area (Å²) in [6, 6.07) is 4.58. The zero-order valence-electron chi connectivity index (χ0n) is 11.1. The van der Waals surface area contributed by atoms with Crippen molar-refractivity contribution in [2.45, 2.75) is 19.8 Å². The lowest BCUT2D eigenvalue weighted by Crippen LogP contribution is -2.05. The maximum absolute atomic E-state index is 14.1. The lowest BCUT2D eigenvalue weighted by Gasteiger charge is -2.11. The van der Waals surface area contributed by atoms with E-state index < -0.39 is 11.8 Å². The molecule has 5 heteroatoms. The molecule has 0 unspecified atom stereocenters. The first kappa shape index (κ1) is 14.0. The number of para-hydroxylation sites is 1. The van der Waals surface area contributed by atoms with Gasteiger partial charge in [0.15, 0.2) is 0 Å². The SMILES string of the molecule is CCCc1nccn1-c1c(F)cccc1/C=C/C(=O)O. The molecule has 0 aliphatic rings. The molecule has 1 aromatic heterocycles. The predicted molar refractivity (Wildman–Crippen MR) is 74.2 cm³/mol. The highest BCUT2D eigenvalue weighted by Gasteiger charge is 2.12. The van der Waals surface area contributed by atoms with Crippen LogP contribution in [0, 0.1) is 5.82 Å². The van der Waals surface area contributed by atoms with E-state index in [1.54, 1.807) is 29.1 Å². The Morgan fingerprint density at radius 1 is 1.50 bits per heavy atom. The van der Waals surface area contributed by atoms with Gasteiger partial charge in [-0.15, -0.1) is 0 Å². The highest BCUT2D eigenvalue weighted by Crippen LogP contribution is 2.22. The summed E-state index contributed by atoms with van der Waals surface area (Å²) in [6.07, 6.45) is 7.30. The number of aryl methyl sites for hydroxylation is 1. The van der Waals surface area contributed by atoms with Gasteiger partial charge in [-0.05, 0) is 18.6 Å². The van der Waals surface area contributed by atoms with Crippen molar-refractivity contribution in [1.82, 2.24) is 9.55 Å². The molecule has 1 heterocycles. The van der Waals surface area contributed by atoms with Gasteiger partial charge in [0.05, 0.1) is 5.69 Å². The minimum absolute atomic E-state index is 0.325. The van der Waals surface area contributed by atoms with Crippen molar-refractivity contribution in [2.24, 2.45) is 0 Å². The van der Waals surface area contributed by atoms with Gasteiger partial charge in [0.25, 0.3) is 0 Å². The van der Waals surface area contributed by atoms with Gasteiger partial charge in [-0.2, -0.15) is 0 Å². The molecule has 4 nitrogen and oxygen atoms in total. The Labute approximate surface area is 116 Å². The summed E-state index contributed by atoms with van der Waals surface area (Å²) in [4.78, 5) is 14.8. The summed E-state index contributed by atoms with van der Waals surface area (Å²) in [5.74, 6) is -0.727. The average Bonchev–Trinajstić information content (AvgIpc) is 2.85. The van der Waals surface area contributed by atoms with E-state index >= 15 is 0 Å². The quantitative estimate of drug-likeness (QED) is 0.852. The smallest absolute Gasteiger partial charge is 0.328 e. The molecule has 1 aromatic carbocycles. The second-order valence-corrected chi connectivity index (χ2v) is 4.31. The fourth-order valence-corrected chi connectivity index (χ4v) is 2.03. The Bertz CT molecular complexity index is 647. The largest absolute Gasteiger partial charge is 0.478 e. The number of aromatic nitrogens is 2. The standard InChI is InChI=1S/C15H15FN2O2/c1-2-4-13-17-9-10-18(13)15-11(7-8-14(19)20)5-3-6-12(15)16/h3,5-10H,2,4H2,1H3,(H,19,20)/b8-7+. The lowest BCUT2D eigenvalue weighted by atomic mass is 10.1. The summed E-state index contributed by atoms with van der Waals surface area (Å²) in [5.41, 5.74) is 0.828. The Morgan fingerprint density at radius 3 is 3.00 bits per heavy atom. The molecule has 0 radical (unpaired) electrons. The van der Waals surface area contributed by atoms with Crippen molar-refractivity contribution in [3.8, 4) is 5.69 Å². The fourth-order valence-electron chi connectivity index (χ4n) is 2.03. The number of benzene rings is 1. The van der Waals surface area contributed by atoms with E-state index in [2.05, 4.69) is 4.98 Å². The Balaban J connectivity index is 2.54. The molecule has 0 aliphatic heterocycles. The van der Waals surface area contributed by atoms with Crippen LogP contribution >= 0.6 is 0 Å². The average molecular weight is 274 g/mol. The van der Waals surface area contributed by atoms with Crippen LogP contribution in [-0.4, -0.2) is 20.6 Å². The Kier molecular flexibility index (Phi) is 4.30. The number of halogens is 1. The van der Waals surface area contributed by atoms with Gasteiger partial charge in [0.1, 0.15) is 11.6 Å². The van der Waals surface area contributed by atoms with Crippen molar-refractivity contribution in [3.63, 3.8) is 0 Å². The van der Waals surface area contributed by atoms with Crippen LogP contribution in [0.4, 0.5) is 4.39 Å². The number of rotatable bonds is 5. The van der Waals surface area contributed by atoms with Crippen LogP contribution in [0.3, 0.4) is 0 Å². The molecule has 1 N–H and O–H groups in total. The maximum atomic E-state index is 14.1. The molecule has 104 valence electrons. The van der Waals surface area contributed by atoms with E-state index in [4.69, 9.17) is 5.11 Å². The second kappa shape index (κ2) is 6.14. The minimum atomic E-state index is -1.07. The number of carbonyl (C=O) groups is 1. The first-order valence-electron chi connectivity index (χ1n) is 6.35. The van der Waals surface area contributed by atoms with Crippen molar-refractivity contribution < 1.29 is 14.3 Å². The summed E-state index contributed by atoms with van der Waals surface area (Å²) in [7, 11) is 0. The summed E-state index contributed by atoms with van der Waals surface area (Å²) in [6.45, 7) is 2.02. The Hall–Kier alpha value is -2.43. The highest BCUT2D eigenvalue weighted by molar-refractivity contribution is 5.86. The molecular formula is C15H15FN2O2. The monoisotopic (exact) mass is 274 g/mol. The van der Waals surface area contributed by atoms with Gasteiger partial charge in [-0.1, -0.05) is 19.1 Å². The molecule has 2 aromatic rings. The van der Waals surface area contributed by atoms with Gasteiger partial charge < -0.3 is 9.67 Å². The van der Waals surface area contributed by atoms with Gasteiger partial charge in [0, 0.05) is 30.5 Å². The molecular weight excluding hydrogens is 259 g/mol. The van der Waals surface area contributed by atoms with E-state index in [-0.39, 0.29) is 0 Å². The molecule has 0 fully saturated rings. The van der Waals surface area contributed by atoms with E-state index in [1.165, 1.54) is 12.1 Å². The molecule has 0 bridgehead atoms. The topological polar surface area (TPSA) is 55.1 Å². The number of carboxylic acids is 1. The summed E-state index contributed by atoms with van der Waals surface area (Å²) < 4.78 is 15.8. The van der Waals surface area contributed by atoms with Crippen LogP contribution in [0.25, 0.3) is 11.8 Å². The number of imidazole rings is 1. The van der Waals surface area contributed by atoms with Crippen molar-refractivity contribution in [2.75, 3.05) is 0 Å². The van der Waals surface area contributed by atoms with Gasteiger partial charge in [0.2, 0.25) is 0 Å². The molecule has 0 saturated carbocycles. The molecule has 0 aliphatic carbocycles. The van der Waals surface area contributed by atoms with Gasteiger partial charge in [-0.25, -0.2) is 14.2 Å². The van der Waals surface area contributed by atoms with Crippen molar-refractivity contribution in [1.29, 1.82) is 0 Å².